The van der Waals surface area contributed by atoms with Crippen molar-refractivity contribution in [2.24, 2.45) is 0 Å². The van der Waals surface area contributed by atoms with Gasteiger partial charge < -0.3 is 15.7 Å². The van der Waals surface area contributed by atoms with Crippen LogP contribution in [0.5, 0.6) is 0 Å². The van der Waals surface area contributed by atoms with E-state index in [1.54, 1.807) is 18.0 Å². The van der Waals surface area contributed by atoms with Gasteiger partial charge in [-0.2, -0.15) is 0 Å². The third-order valence-corrected chi connectivity index (χ3v) is 4.00. The third kappa shape index (κ3) is 3.46. The standard InChI is InChI=1S/C14H19N3O2S/c1-17(7-3-2-4-8-18)13(19)10-5-6-11-12(9-10)20-14(15)16-11/h5-6,9,18H,2-4,7-8H2,1H3,(H2,15,16). The van der Waals surface area contributed by atoms with Gasteiger partial charge in [-0.15, -0.1) is 0 Å². The van der Waals surface area contributed by atoms with Crippen molar-refractivity contribution in [3.8, 4) is 0 Å². The first-order valence-electron chi connectivity index (χ1n) is 6.64. The number of nitrogen functional groups attached to an aromatic ring is 1. The Labute approximate surface area is 122 Å². The lowest BCUT2D eigenvalue weighted by Gasteiger charge is -2.17. The second kappa shape index (κ2) is 6.67. The van der Waals surface area contributed by atoms with E-state index in [4.69, 9.17) is 10.8 Å². The van der Waals surface area contributed by atoms with Crippen molar-refractivity contribution in [3.63, 3.8) is 0 Å². The summed E-state index contributed by atoms with van der Waals surface area (Å²) in [4.78, 5) is 18.2. The predicted octanol–water partition coefficient (Wildman–Crippen LogP) is 2.11. The monoisotopic (exact) mass is 293 g/mol. The molecule has 0 saturated heterocycles. The molecule has 2 rings (SSSR count). The number of rotatable bonds is 6. The van der Waals surface area contributed by atoms with E-state index < -0.39 is 0 Å². The predicted molar refractivity (Wildman–Crippen MR) is 81.9 cm³/mol. The number of fused-ring (bicyclic) bond motifs is 1. The minimum absolute atomic E-state index is 0.00266. The van der Waals surface area contributed by atoms with E-state index in [2.05, 4.69) is 4.98 Å². The Balaban J connectivity index is 2.02. The Morgan fingerprint density at radius 3 is 2.95 bits per heavy atom. The van der Waals surface area contributed by atoms with Crippen LogP contribution in [0.1, 0.15) is 29.6 Å². The maximum Gasteiger partial charge on any atom is 0.253 e. The van der Waals surface area contributed by atoms with E-state index in [0.29, 0.717) is 17.2 Å². The number of benzene rings is 1. The van der Waals surface area contributed by atoms with Crippen LogP contribution >= 0.6 is 11.3 Å². The summed E-state index contributed by atoms with van der Waals surface area (Å²) < 4.78 is 0.932. The lowest BCUT2D eigenvalue weighted by Crippen LogP contribution is -2.27. The van der Waals surface area contributed by atoms with Crippen LogP contribution in [0.25, 0.3) is 10.2 Å². The molecule has 20 heavy (non-hydrogen) atoms. The molecule has 0 fully saturated rings. The van der Waals surface area contributed by atoms with Crippen molar-refractivity contribution in [2.45, 2.75) is 19.3 Å². The summed E-state index contributed by atoms with van der Waals surface area (Å²) in [5.41, 5.74) is 7.15. The molecule has 1 amide bonds. The highest BCUT2D eigenvalue weighted by atomic mass is 32.1. The molecule has 0 atom stereocenters. The molecule has 0 saturated carbocycles. The number of unbranched alkanes of at least 4 members (excludes halogenated alkanes) is 2. The van der Waals surface area contributed by atoms with Gasteiger partial charge in [0.05, 0.1) is 10.2 Å². The molecule has 0 bridgehead atoms. The van der Waals surface area contributed by atoms with Gasteiger partial charge in [-0.1, -0.05) is 11.3 Å². The first-order valence-corrected chi connectivity index (χ1v) is 7.46. The highest BCUT2D eigenvalue weighted by molar-refractivity contribution is 7.22. The largest absolute Gasteiger partial charge is 0.396 e. The quantitative estimate of drug-likeness (QED) is 0.799. The summed E-state index contributed by atoms with van der Waals surface area (Å²) in [6, 6.07) is 5.46. The lowest BCUT2D eigenvalue weighted by atomic mass is 10.2. The summed E-state index contributed by atoms with van der Waals surface area (Å²) in [5.74, 6) is 0.00266. The minimum Gasteiger partial charge on any atom is -0.396 e. The van der Waals surface area contributed by atoms with Crippen molar-refractivity contribution in [3.05, 3.63) is 23.8 Å². The van der Waals surface area contributed by atoms with Gasteiger partial charge in [0.1, 0.15) is 0 Å². The number of amides is 1. The average Bonchev–Trinajstić information content (AvgIpc) is 2.81. The number of nitrogens with zero attached hydrogens (tertiary/aromatic N) is 2. The smallest absolute Gasteiger partial charge is 0.253 e. The number of nitrogens with two attached hydrogens (primary N) is 1. The number of carbonyl (C=O) groups is 1. The SMILES string of the molecule is CN(CCCCCO)C(=O)c1ccc2nc(N)sc2c1. The Morgan fingerprint density at radius 1 is 1.40 bits per heavy atom. The summed E-state index contributed by atoms with van der Waals surface area (Å²) >= 11 is 1.39. The number of thiazole rings is 1. The highest BCUT2D eigenvalue weighted by Gasteiger charge is 2.12. The Bertz CT molecular complexity index is 597. The van der Waals surface area contributed by atoms with Crippen molar-refractivity contribution in [1.29, 1.82) is 0 Å². The fraction of sp³-hybridized carbons (Fsp3) is 0.429. The molecular weight excluding hydrogens is 274 g/mol. The molecule has 1 aromatic carbocycles. The number of anilines is 1. The topological polar surface area (TPSA) is 79.5 Å². The van der Waals surface area contributed by atoms with Crippen LogP contribution in [0.2, 0.25) is 0 Å². The van der Waals surface area contributed by atoms with E-state index in [-0.39, 0.29) is 12.5 Å². The third-order valence-electron chi connectivity index (χ3n) is 3.15. The number of hydrogen-bond acceptors (Lipinski definition) is 5. The van der Waals surface area contributed by atoms with E-state index >= 15 is 0 Å². The normalized spacial score (nSPS) is 10.9. The molecule has 2 aromatic rings. The van der Waals surface area contributed by atoms with E-state index in [1.807, 2.05) is 12.1 Å². The first kappa shape index (κ1) is 14.7. The minimum atomic E-state index is 0.00266. The fourth-order valence-electron chi connectivity index (χ4n) is 2.03. The lowest BCUT2D eigenvalue weighted by molar-refractivity contribution is 0.0792. The molecule has 0 aliphatic carbocycles. The van der Waals surface area contributed by atoms with Gasteiger partial charge in [0, 0.05) is 25.8 Å². The number of aliphatic hydroxyl groups is 1. The van der Waals surface area contributed by atoms with Gasteiger partial charge in [0.2, 0.25) is 0 Å². The molecule has 6 heteroatoms. The molecule has 108 valence electrons. The summed E-state index contributed by atoms with van der Waals surface area (Å²) in [7, 11) is 1.80. The molecule has 0 spiro atoms. The van der Waals surface area contributed by atoms with Crippen LogP contribution in [-0.2, 0) is 0 Å². The molecular formula is C14H19N3O2S. The van der Waals surface area contributed by atoms with Gasteiger partial charge in [0.15, 0.2) is 5.13 Å². The van der Waals surface area contributed by atoms with Crippen LogP contribution in [0.3, 0.4) is 0 Å². The Kier molecular flexibility index (Phi) is 4.92. The van der Waals surface area contributed by atoms with Gasteiger partial charge in [-0.05, 0) is 37.5 Å². The number of aliphatic hydroxyl groups excluding tert-OH is 1. The van der Waals surface area contributed by atoms with Crippen LogP contribution in [-0.4, -0.2) is 41.1 Å². The Morgan fingerprint density at radius 2 is 2.20 bits per heavy atom. The van der Waals surface area contributed by atoms with Crippen molar-refractivity contribution in [2.75, 3.05) is 25.9 Å². The van der Waals surface area contributed by atoms with Crippen molar-refractivity contribution in [1.82, 2.24) is 9.88 Å². The molecule has 0 aliphatic rings. The van der Waals surface area contributed by atoms with E-state index in [9.17, 15) is 4.79 Å². The molecule has 1 heterocycles. The highest BCUT2D eigenvalue weighted by Crippen LogP contribution is 2.25. The number of hydrogen-bond donors (Lipinski definition) is 2. The van der Waals surface area contributed by atoms with Gasteiger partial charge in [-0.3, -0.25) is 4.79 Å². The van der Waals surface area contributed by atoms with Crippen LogP contribution < -0.4 is 5.73 Å². The Hall–Kier alpha value is -1.66. The first-order chi connectivity index (χ1) is 9.61. The second-order valence-corrected chi connectivity index (χ2v) is 5.81. The maximum absolute atomic E-state index is 12.3. The zero-order chi connectivity index (χ0) is 14.5. The number of carbonyl (C=O) groups excluding carboxylic acids is 1. The molecule has 0 radical (unpaired) electrons. The van der Waals surface area contributed by atoms with Gasteiger partial charge in [-0.25, -0.2) is 4.98 Å². The maximum atomic E-state index is 12.3. The molecule has 1 aromatic heterocycles. The molecule has 0 aliphatic heterocycles. The van der Waals surface area contributed by atoms with Gasteiger partial charge in [0.25, 0.3) is 5.91 Å². The van der Waals surface area contributed by atoms with E-state index in [1.165, 1.54) is 11.3 Å². The number of aromatic nitrogens is 1. The van der Waals surface area contributed by atoms with Crippen LogP contribution in [0, 0.1) is 0 Å². The van der Waals surface area contributed by atoms with Crippen LogP contribution in [0.15, 0.2) is 18.2 Å². The average molecular weight is 293 g/mol. The zero-order valence-corrected chi connectivity index (χ0v) is 12.3. The zero-order valence-electron chi connectivity index (χ0n) is 11.5. The molecule has 3 N–H and O–H groups in total. The molecule has 5 nitrogen and oxygen atoms in total. The summed E-state index contributed by atoms with van der Waals surface area (Å²) in [5, 5.41) is 9.24. The summed E-state index contributed by atoms with van der Waals surface area (Å²) in [6.07, 6.45) is 2.62. The van der Waals surface area contributed by atoms with Gasteiger partial charge >= 0.3 is 0 Å². The van der Waals surface area contributed by atoms with Crippen molar-refractivity contribution < 1.29 is 9.90 Å². The summed E-state index contributed by atoms with van der Waals surface area (Å²) in [6.45, 7) is 0.906. The fourth-order valence-corrected chi connectivity index (χ4v) is 2.81. The van der Waals surface area contributed by atoms with Crippen LogP contribution in [0.4, 0.5) is 5.13 Å². The van der Waals surface area contributed by atoms with E-state index in [0.717, 1.165) is 29.5 Å². The molecule has 0 unspecified atom stereocenters. The second-order valence-electron chi connectivity index (χ2n) is 4.75. The van der Waals surface area contributed by atoms with Crippen molar-refractivity contribution >= 4 is 32.6 Å².